The molecule has 0 unspecified atom stereocenters. The zero-order chi connectivity index (χ0) is 8.36. The summed E-state index contributed by atoms with van der Waals surface area (Å²) in [7, 11) is 0. The molecule has 4 heteroatoms. The number of thiol groups is 2. The van der Waals surface area contributed by atoms with Gasteiger partial charge in [-0.2, -0.15) is 25.3 Å². The van der Waals surface area contributed by atoms with Crippen molar-refractivity contribution in [1.82, 2.24) is 0 Å². The lowest BCUT2D eigenvalue weighted by Crippen LogP contribution is -2.03. The molecule has 0 aliphatic rings. The Morgan fingerprint density at radius 2 is 1.27 bits per heavy atom. The van der Waals surface area contributed by atoms with E-state index < -0.39 is 0 Å². The van der Waals surface area contributed by atoms with Crippen LogP contribution in [0.2, 0.25) is 0 Å². The molecule has 0 fully saturated rings. The van der Waals surface area contributed by atoms with Gasteiger partial charge in [-0.1, -0.05) is 0 Å². The summed E-state index contributed by atoms with van der Waals surface area (Å²) in [5.41, 5.74) is 0. The fourth-order valence-electron chi connectivity index (χ4n) is 0.510. The molecule has 0 saturated carbocycles. The normalized spacial score (nSPS) is 10.4. The Kier molecular flexibility index (Phi) is 11.2. The molecular formula is C7H16O2S2. The van der Waals surface area contributed by atoms with Crippen molar-refractivity contribution in [2.75, 3.05) is 31.5 Å². The van der Waals surface area contributed by atoms with Crippen molar-refractivity contribution in [2.24, 2.45) is 0 Å². The molecule has 0 radical (unpaired) electrons. The molecule has 0 aromatic rings. The fraction of sp³-hybridized carbons (Fsp3) is 1.00. The van der Waals surface area contributed by atoms with Gasteiger partial charge in [0.05, 0.1) is 13.2 Å². The first-order valence-electron chi connectivity index (χ1n) is 3.79. The minimum absolute atomic E-state index is 0.404. The van der Waals surface area contributed by atoms with E-state index in [1.165, 1.54) is 0 Å². The van der Waals surface area contributed by atoms with E-state index in [4.69, 9.17) is 9.47 Å². The fourth-order valence-corrected chi connectivity index (χ4v) is 0.768. The molecule has 11 heavy (non-hydrogen) atoms. The van der Waals surface area contributed by atoms with Gasteiger partial charge in [-0.15, -0.1) is 0 Å². The van der Waals surface area contributed by atoms with Crippen LogP contribution in [0, 0.1) is 0 Å². The van der Waals surface area contributed by atoms with Crippen LogP contribution in [0.5, 0.6) is 0 Å². The van der Waals surface area contributed by atoms with Crippen molar-refractivity contribution in [2.45, 2.75) is 12.8 Å². The molecule has 0 aliphatic carbocycles. The first-order valence-corrected chi connectivity index (χ1v) is 5.05. The van der Waals surface area contributed by atoms with Gasteiger partial charge in [0.1, 0.15) is 6.79 Å². The van der Waals surface area contributed by atoms with Gasteiger partial charge in [0, 0.05) is 0 Å². The number of hydrogen-bond donors (Lipinski definition) is 2. The molecule has 0 amide bonds. The SMILES string of the molecule is SCCCOCOCCCS. The first kappa shape index (κ1) is 11.6. The largest absolute Gasteiger partial charge is 0.355 e. The van der Waals surface area contributed by atoms with Crippen molar-refractivity contribution in [3.63, 3.8) is 0 Å². The van der Waals surface area contributed by atoms with Crippen LogP contribution in [0.4, 0.5) is 0 Å². The lowest BCUT2D eigenvalue weighted by atomic mass is 10.5. The molecule has 0 spiro atoms. The molecule has 0 atom stereocenters. The van der Waals surface area contributed by atoms with Gasteiger partial charge in [0.25, 0.3) is 0 Å². The zero-order valence-electron chi connectivity index (χ0n) is 6.66. The van der Waals surface area contributed by atoms with Gasteiger partial charge < -0.3 is 9.47 Å². The van der Waals surface area contributed by atoms with Crippen LogP contribution >= 0.6 is 25.3 Å². The molecule has 0 bridgehead atoms. The second-order valence-corrected chi connectivity index (χ2v) is 2.98. The van der Waals surface area contributed by atoms with Gasteiger partial charge in [0.15, 0.2) is 0 Å². The Labute approximate surface area is 79.5 Å². The quantitative estimate of drug-likeness (QED) is 0.349. The highest BCUT2D eigenvalue weighted by Gasteiger charge is 1.87. The van der Waals surface area contributed by atoms with E-state index in [1.807, 2.05) is 0 Å². The van der Waals surface area contributed by atoms with Gasteiger partial charge in [-0.25, -0.2) is 0 Å². The van der Waals surface area contributed by atoms with Crippen LogP contribution in [-0.2, 0) is 9.47 Å². The standard InChI is InChI=1S/C7H16O2S2/c10-5-1-3-8-7-9-4-2-6-11/h10-11H,1-7H2. The zero-order valence-corrected chi connectivity index (χ0v) is 8.45. The highest BCUT2D eigenvalue weighted by molar-refractivity contribution is 7.80. The Bertz CT molecular complexity index is 63.5. The number of rotatable bonds is 8. The van der Waals surface area contributed by atoms with Crippen molar-refractivity contribution in [1.29, 1.82) is 0 Å². The van der Waals surface area contributed by atoms with Gasteiger partial charge in [-0.05, 0) is 24.3 Å². The van der Waals surface area contributed by atoms with E-state index >= 15 is 0 Å². The Morgan fingerprint density at radius 3 is 1.64 bits per heavy atom. The minimum Gasteiger partial charge on any atom is -0.355 e. The summed E-state index contributed by atoms with van der Waals surface area (Å²) in [6, 6.07) is 0. The van der Waals surface area contributed by atoms with Crippen molar-refractivity contribution < 1.29 is 9.47 Å². The molecular weight excluding hydrogens is 180 g/mol. The van der Waals surface area contributed by atoms with E-state index in [0.29, 0.717) is 6.79 Å². The van der Waals surface area contributed by atoms with E-state index in [1.54, 1.807) is 0 Å². The van der Waals surface area contributed by atoms with Gasteiger partial charge >= 0.3 is 0 Å². The molecule has 2 nitrogen and oxygen atoms in total. The third kappa shape index (κ3) is 10.6. The molecule has 0 rings (SSSR count). The lowest BCUT2D eigenvalue weighted by Gasteiger charge is -2.03. The summed E-state index contributed by atoms with van der Waals surface area (Å²) in [6.45, 7) is 1.89. The summed E-state index contributed by atoms with van der Waals surface area (Å²) >= 11 is 8.10. The van der Waals surface area contributed by atoms with Crippen LogP contribution in [0.15, 0.2) is 0 Å². The van der Waals surface area contributed by atoms with E-state index in [9.17, 15) is 0 Å². The Balaban J connectivity index is 2.69. The molecule has 68 valence electrons. The van der Waals surface area contributed by atoms with Crippen LogP contribution in [0.1, 0.15) is 12.8 Å². The summed E-state index contributed by atoms with van der Waals surface area (Å²) in [5.74, 6) is 1.74. The topological polar surface area (TPSA) is 18.5 Å². The van der Waals surface area contributed by atoms with Crippen LogP contribution < -0.4 is 0 Å². The smallest absolute Gasteiger partial charge is 0.146 e. The third-order valence-electron chi connectivity index (χ3n) is 1.06. The lowest BCUT2D eigenvalue weighted by molar-refractivity contribution is -0.0526. The van der Waals surface area contributed by atoms with E-state index in [-0.39, 0.29) is 0 Å². The summed E-state index contributed by atoms with van der Waals surface area (Å²) in [6.07, 6.45) is 1.97. The second kappa shape index (κ2) is 10.6. The van der Waals surface area contributed by atoms with Crippen molar-refractivity contribution in [3.05, 3.63) is 0 Å². The highest BCUT2D eigenvalue weighted by Crippen LogP contribution is 1.88. The summed E-state index contributed by atoms with van der Waals surface area (Å²) in [4.78, 5) is 0. The summed E-state index contributed by atoms with van der Waals surface area (Å²) < 4.78 is 10.2. The molecule has 0 heterocycles. The third-order valence-corrected chi connectivity index (χ3v) is 1.69. The maximum Gasteiger partial charge on any atom is 0.146 e. The molecule has 0 saturated heterocycles. The summed E-state index contributed by atoms with van der Waals surface area (Å²) in [5, 5.41) is 0. The van der Waals surface area contributed by atoms with Crippen LogP contribution in [0.25, 0.3) is 0 Å². The molecule has 0 aromatic carbocycles. The average Bonchev–Trinajstić information content (AvgIpc) is 2.03. The Morgan fingerprint density at radius 1 is 0.818 bits per heavy atom. The predicted octanol–water partition coefficient (Wildman–Crippen LogP) is 1.62. The van der Waals surface area contributed by atoms with Gasteiger partial charge in [-0.3, -0.25) is 0 Å². The van der Waals surface area contributed by atoms with E-state index in [0.717, 1.165) is 37.6 Å². The number of ether oxygens (including phenoxy) is 2. The predicted molar refractivity (Wildman–Crippen MR) is 53.7 cm³/mol. The van der Waals surface area contributed by atoms with Gasteiger partial charge in [0.2, 0.25) is 0 Å². The molecule has 0 aromatic heterocycles. The number of hydrogen-bond acceptors (Lipinski definition) is 4. The maximum absolute atomic E-state index is 5.12. The van der Waals surface area contributed by atoms with E-state index in [2.05, 4.69) is 25.3 Å². The monoisotopic (exact) mass is 196 g/mol. The second-order valence-electron chi connectivity index (χ2n) is 2.09. The van der Waals surface area contributed by atoms with Crippen LogP contribution in [-0.4, -0.2) is 31.5 Å². The van der Waals surface area contributed by atoms with Crippen LogP contribution in [0.3, 0.4) is 0 Å². The highest BCUT2D eigenvalue weighted by atomic mass is 32.1. The Hall–Kier alpha value is 0.620. The minimum atomic E-state index is 0.404. The molecule has 0 aliphatic heterocycles. The van der Waals surface area contributed by atoms with Crippen molar-refractivity contribution in [3.8, 4) is 0 Å². The first-order chi connectivity index (χ1) is 5.41. The van der Waals surface area contributed by atoms with Crippen molar-refractivity contribution >= 4 is 25.3 Å². The average molecular weight is 196 g/mol. The molecule has 0 N–H and O–H groups in total. The maximum atomic E-state index is 5.12.